The van der Waals surface area contributed by atoms with Crippen molar-refractivity contribution in [3.63, 3.8) is 0 Å². The highest BCUT2D eigenvalue weighted by Crippen LogP contribution is 2.37. The number of aliphatic hydroxyl groups excluding tert-OH is 1. The van der Waals surface area contributed by atoms with Gasteiger partial charge in [0, 0.05) is 0 Å². The monoisotopic (exact) mass is 231 g/mol. The minimum atomic E-state index is -3.35. The number of hydrogen-bond donors (Lipinski definition) is 2. The fraction of sp³-hybridized carbons (Fsp3) is 0.400. The topological polar surface area (TPSA) is 64.7 Å². The molecular formula is C10H11F2NO3. The van der Waals surface area contributed by atoms with Crippen molar-refractivity contribution in [2.24, 2.45) is 5.73 Å². The summed E-state index contributed by atoms with van der Waals surface area (Å²) in [7, 11) is 0. The zero-order valence-electron chi connectivity index (χ0n) is 8.32. The van der Waals surface area contributed by atoms with Gasteiger partial charge in [-0.3, -0.25) is 0 Å². The van der Waals surface area contributed by atoms with Crippen molar-refractivity contribution in [2.75, 3.05) is 13.4 Å². The number of aliphatic hydroxyl groups is 1. The normalized spacial score (nSPS) is 16.2. The van der Waals surface area contributed by atoms with Gasteiger partial charge in [-0.15, -0.1) is 0 Å². The van der Waals surface area contributed by atoms with Crippen LogP contribution >= 0.6 is 0 Å². The zero-order valence-corrected chi connectivity index (χ0v) is 8.32. The summed E-state index contributed by atoms with van der Waals surface area (Å²) in [6, 6.07) is 2.79. The van der Waals surface area contributed by atoms with E-state index in [1.165, 1.54) is 18.2 Å². The van der Waals surface area contributed by atoms with Gasteiger partial charge in [0.15, 0.2) is 11.5 Å². The molecule has 1 heterocycles. The van der Waals surface area contributed by atoms with Crippen LogP contribution in [0.3, 0.4) is 0 Å². The smallest absolute Gasteiger partial charge is 0.289 e. The molecule has 88 valence electrons. The SMILES string of the molecule is N[C@H](c1ccc2c(c1)OCO2)C(F)(F)CO. The van der Waals surface area contributed by atoms with Crippen LogP contribution in [0.5, 0.6) is 11.5 Å². The number of hydrogen-bond acceptors (Lipinski definition) is 4. The maximum absolute atomic E-state index is 13.1. The Labute approximate surface area is 90.6 Å². The van der Waals surface area contributed by atoms with E-state index in [0.29, 0.717) is 11.5 Å². The lowest BCUT2D eigenvalue weighted by Crippen LogP contribution is -2.36. The molecule has 0 aliphatic carbocycles. The Morgan fingerprint density at radius 1 is 1.38 bits per heavy atom. The fourth-order valence-corrected chi connectivity index (χ4v) is 1.45. The van der Waals surface area contributed by atoms with E-state index < -0.39 is 18.6 Å². The first-order valence-corrected chi connectivity index (χ1v) is 4.68. The molecule has 4 nitrogen and oxygen atoms in total. The molecule has 0 bridgehead atoms. The third-order valence-electron chi connectivity index (χ3n) is 2.42. The lowest BCUT2D eigenvalue weighted by atomic mass is 10.0. The van der Waals surface area contributed by atoms with Gasteiger partial charge in [-0.1, -0.05) is 6.07 Å². The molecule has 2 rings (SSSR count). The summed E-state index contributed by atoms with van der Waals surface area (Å²) < 4.78 is 36.4. The Bertz CT molecular complexity index is 398. The molecule has 0 saturated heterocycles. The van der Waals surface area contributed by atoms with Crippen LogP contribution in [0, 0.1) is 0 Å². The van der Waals surface area contributed by atoms with Crippen LogP contribution in [-0.4, -0.2) is 24.4 Å². The molecule has 0 spiro atoms. The Balaban J connectivity index is 2.28. The molecule has 0 aromatic heterocycles. The van der Waals surface area contributed by atoms with E-state index in [4.69, 9.17) is 20.3 Å². The highest BCUT2D eigenvalue weighted by atomic mass is 19.3. The Morgan fingerprint density at radius 2 is 2.06 bits per heavy atom. The first-order chi connectivity index (χ1) is 7.54. The van der Waals surface area contributed by atoms with E-state index in [9.17, 15) is 8.78 Å². The van der Waals surface area contributed by atoms with Crippen LogP contribution in [0.4, 0.5) is 8.78 Å². The van der Waals surface area contributed by atoms with E-state index in [0.717, 1.165) is 0 Å². The zero-order chi connectivity index (χ0) is 11.8. The third kappa shape index (κ3) is 1.81. The van der Waals surface area contributed by atoms with Crippen molar-refractivity contribution >= 4 is 0 Å². The molecule has 0 amide bonds. The van der Waals surface area contributed by atoms with E-state index >= 15 is 0 Å². The van der Waals surface area contributed by atoms with Crippen molar-refractivity contribution in [3.05, 3.63) is 23.8 Å². The van der Waals surface area contributed by atoms with Crippen molar-refractivity contribution in [1.82, 2.24) is 0 Å². The second-order valence-electron chi connectivity index (χ2n) is 3.51. The molecule has 1 atom stereocenters. The van der Waals surface area contributed by atoms with Crippen molar-refractivity contribution < 1.29 is 23.4 Å². The number of ether oxygens (including phenoxy) is 2. The molecule has 1 aliphatic rings. The van der Waals surface area contributed by atoms with E-state index in [2.05, 4.69) is 0 Å². The summed E-state index contributed by atoms with van der Waals surface area (Å²) in [5, 5.41) is 8.53. The average Bonchev–Trinajstić information content (AvgIpc) is 2.74. The van der Waals surface area contributed by atoms with E-state index in [1.54, 1.807) is 0 Å². The number of benzene rings is 1. The molecule has 0 fully saturated rings. The van der Waals surface area contributed by atoms with Gasteiger partial charge in [0.05, 0.1) is 6.04 Å². The number of rotatable bonds is 3. The van der Waals surface area contributed by atoms with Gasteiger partial charge < -0.3 is 20.3 Å². The first-order valence-electron chi connectivity index (χ1n) is 4.68. The minimum absolute atomic E-state index is 0.0738. The van der Waals surface area contributed by atoms with Gasteiger partial charge in [0.2, 0.25) is 6.79 Å². The van der Waals surface area contributed by atoms with Crippen LogP contribution < -0.4 is 15.2 Å². The minimum Gasteiger partial charge on any atom is -0.454 e. The average molecular weight is 231 g/mol. The van der Waals surface area contributed by atoms with Gasteiger partial charge in [-0.25, -0.2) is 8.78 Å². The highest BCUT2D eigenvalue weighted by molar-refractivity contribution is 5.45. The lowest BCUT2D eigenvalue weighted by molar-refractivity contribution is -0.0712. The van der Waals surface area contributed by atoms with Crippen LogP contribution in [0.25, 0.3) is 0 Å². The number of alkyl halides is 2. The predicted molar refractivity (Wildman–Crippen MR) is 51.5 cm³/mol. The van der Waals surface area contributed by atoms with Crippen molar-refractivity contribution in [3.8, 4) is 11.5 Å². The molecule has 0 saturated carbocycles. The van der Waals surface area contributed by atoms with Gasteiger partial charge in [-0.05, 0) is 17.7 Å². The number of nitrogens with two attached hydrogens (primary N) is 1. The molecule has 1 aromatic rings. The van der Waals surface area contributed by atoms with E-state index in [1.807, 2.05) is 0 Å². The van der Waals surface area contributed by atoms with Gasteiger partial charge in [-0.2, -0.15) is 0 Å². The molecule has 1 aromatic carbocycles. The molecule has 1 aliphatic heterocycles. The molecule has 0 unspecified atom stereocenters. The van der Waals surface area contributed by atoms with Crippen LogP contribution in [0.1, 0.15) is 11.6 Å². The molecule has 16 heavy (non-hydrogen) atoms. The Morgan fingerprint density at radius 3 is 2.75 bits per heavy atom. The predicted octanol–water partition coefficient (Wildman–Crippen LogP) is 1.04. The largest absolute Gasteiger partial charge is 0.454 e. The van der Waals surface area contributed by atoms with Gasteiger partial charge in [0.25, 0.3) is 5.92 Å². The molecular weight excluding hydrogens is 220 g/mol. The maximum Gasteiger partial charge on any atom is 0.289 e. The Hall–Kier alpha value is -1.40. The number of fused-ring (bicyclic) bond motifs is 1. The third-order valence-corrected chi connectivity index (χ3v) is 2.42. The maximum atomic E-state index is 13.1. The number of halogens is 2. The second kappa shape index (κ2) is 3.88. The fourth-order valence-electron chi connectivity index (χ4n) is 1.45. The summed E-state index contributed by atoms with van der Waals surface area (Å²) >= 11 is 0. The first kappa shape index (κ1) is 11.1. The van der Waals surface area contributed by atoms with Crippen molar-refractivity contribution in [1.29, 1.82) is 0 Å². The van der Waals surface area contributed by atoms with E-state index in [-0.39, 0.29) is 12.4 Å². The quantitative estimate of drug-likeness (QED) is 0.815. The second-order valence-corrected chi connectivity index (χ2v) is 3.51. The van der Waals surface area contributed by atoms with Gasteiger partial charge in [0.1, 0.15) is 6.61 Å². The summed E-state index contributed by atoms with van der Waals surface area (Å²) in [4.78, 5) is 0. The summed E-state index contributed by atoms with van der Waals surface area (Å²) in [6.07, 6.45) is 0. The Kier molecular flexibility index (Phi) is 2.69. The summed E-state index contributed by atoms with van der Waals surface area (Å²) in [6.45, 7) is -1.22. The summed E-state index contributed by atoms with van der Waals surface area (Å²) in [5.74, 6) is -2.46. The highest BCUT2D eigenvalue weighted by Gasteiger charge is 2.37. The van der Waals surface area contributed by atoms with Crippen LogP contribution in [-0.2, 0) is 0 Å². The molecule has 0 radical (unpaired) electrons. The molecule has 3 N–H and O–H groups in total. The van der Waals surface area contributed by atoms with Crippen molar-refractivity contribution in [2.45, 2.75) is 12.0 Å². The standard InChI is InChI=1S/C10H11F2NO3/c11-10(12,4-14)9(13)6-1-2-7-8(3-6)16-5-15-7/h1-3,9,14H,4-5,13H2/t9-/m1/s1. The lowest BCUT2D eigenvalue weighted by Gasteiger charge is -2.21. The summed E-state index contributed by atoms with van der Waals surface area (Å²) in [5.41, 5.74) is 5.57. The van der Waals surface area contributed by atoms with Crippen LogP contribution in [0.15, 0.2) is 18.2 Å². The van der Waals surface area contributed by atoms with Gasteiger partial charge >= 0.3 is 0 Å². The molecule has 6 heteroatoms. The van der Waals surface area contributed by atoms with Crippen LogP contribution in [0.2, 0.25) is 0 Å².